The summed E-state index contributed by atoms with van der Waals surface area (Å²) in [6.07, 6.45) is -0.564. The summed E-state index contributed by atoms with van der Waals surface area (Å²) < 4.78 is 19.0. The molecular formula is C21H24FN5O2. The first kappa shape index (κ1) is 19.2. The quantitative estimate of drug-likeness (QED) is 0.514. The minimum atomic E-state index is -1.09. The van der Waals surface area contributed by atoms with Crippen molar-refractivity contribution in [3.63, 3.8) is 0 Å². The molecule has 4 rings (SSSR count). The number of nitrogens with one attached hydrogen (secondary N) is 4. The number of carbonyl (C=O) groups is 1. The van der Waals surface area contributed by atoms with Crippen molar-refractivity contribution in [2.45, 2.75) is 24.7 Å². The van der Waals surface area contributed by atoms with Gasteiger partial charge in [0, 0.05) is 13.1 Å². The molecule has 1 saturated heterocycles. The summed E-state index contributed by atoms with van der Waals surface area (Å²) in [5, 5.41) is 8.60. The number of rotatable bonds is 6. The number of aromatic amines is 1. The van der Waals surface area contributed by atoms with E-state index in [0.29, 0.717) is 18.8 Å². The molecule has 0 radical (unpaired) electrons. The average molecular weight is 397 g/mol. The molecule has 29 heavy (non-hydrogen) atoms. The second kappa shape index (κ2) is 8.48. The Morgan fingerprint density at radius 1 is 1.24 bits per heavy atom. The van der Waals surface area contributed by atoms with Crippen LogP contribution in [0.5, 0.6) is 5.75 Å². The highest BCUT2D eigenvalue weighted by Gasteiger charge is 2.29. The van der Waals surface area contributed by atoms with Crippen LogP contribution in [0.2, 0.25) is 0 Å². The van der Waals surface area contributed by atoms with Crippen LogP contribution < -0.4 is 20.7 Å². The highest BCUT2D eigenvalue weighted by Crippen LogP contribution is 2.21. The van der Waals surface area contributed by atoms with Crippen LogP contribution in [0.1, 0.15) is 17.4 Å². The molecule has 0 bridgehead atoms. The summed E-state index contributed by atoms with van der Waals surface area (Å²) in [6.45, 7) is 0.673. The van der Waals surface area contributed by atoms with Gasteiger partial charge in [-0.25, -0.2) is 14.2 Å². The molecule has 8 heteroatoms. The summed E-state index contributed by atoms with van der Waals surface area (Å²) in [7, 11) is 1.62. The van der Waals surface area contributed by atoms with E-state index in [0.717, 1.165) is 22.3 Å². The Morgan fingerprint density at radius 2 is 2.03 bits per heavy atom. The number of alkyl halides is 1. The molecular weight excluding hydrogens is 373 g/mol. The number of H-pyrrole nitrogens is 1. The van der Waals surface area contributed by atoms with Crippen LogP contribution in [0, 0.1) is 0 Å². The number of methoxy groups -OCH3 is 1. The van der Waals surface area contributed by atoms with Crippen molar-refractivity contribution in [3.05, 3.63) is 59.9 Å². The van der Waals surface area contributed by atoms with E-state index in [1.807, 2.05) is 48.5 Å². The number of hydrogen-bond donors (Lipinski definition) is 4. The molecule has 0 aliphatic carbocycles. The summed E-state index contributed by atoms with van der Waals surface area (Å²) in [5.41, 5.74) is 2.74. The van der Waals surface area contributed by atoms with Crippen LogP contribution in [-0.4, -0.2) is 48.4 Å². The molecule has 4 N–H and O–H groups in total. The van der Waals surface area contributed by atoms with Gasteiger partial charge in [0.15, 0.2) is 0 Å². The van der Waals surface area contributed by atoms with Gasteiger partial charge in [0.1, 0.15) is 17.7 Å². The van der Waals surface area contributed by atoms with E-state index in [9.17, 15) is 9.18 Å². The lowest BCUT2D eigenvalue weighted by Gasteiger charge is -2.20. The molecule has 3 atom stereocenters. The van der Waals surface area contributed by atoms with Gasteiger partial charge in [0.05, 0.1) is 30.2 Å². The van der Waals surface area contributed by atoms with Crippen molar-refractivity contribution in [1.29, 1.82) is 0 Å². The summed E-state index contributed by atoms with van der Waals surface area (Å²) >= 11 is 0. The van der Waals surface area contributed by atoms with Crippen LogP contribution in [-0.2, 0) is 6.42 Å². The van der Waals surface area contributed by atoms with Gasteiger partial charge in [-0.1, -0.05) is 24.3 Å². The topological polar surface area (TPSA) is 91.1 Å². The van der Waals surface area contributed by atoms with Gasteiger partial charge in [0.2, 0.25) is 0 Å². The fraction of sp³-hybridized carbons (Fsp3) is 0.333. The maximum Gasteiger partial charge on any atom is 0.315 e. The molecule has 3 aromatic rings. The molecule has 2 aromatic carbocycles. The van der Waals surface area contributed by atoms with Crippen LogP contribution in [0.15, 0.2) is 48.5 Å². The maximum atomic E-state index is 13.8. The van der Waals surface area contributed by atoms with Crippen molar-refractivity contribution >= 4 is 17.1 Å². The smallest absolute Gasteiger partial charge is 0.315 e. The van der Waals surface area contributed by atoms with Gasteiger partial charge in [-0.15, -0.1) is 0 Å². The Bertz CT molecular complexity index is 942. The number of amides is 2. The number of urea groups is 1. The number of fused-ring (bicyclic) bond motifs is 1. The molecule has 1 aromatic heterocycles. The molecule has 2 amide bonds. The highest BCUT2D eigenvalue weighted by molar-refractivity contribution is 5.76. The molecule has 0 saturated carbocycles. The second-order valence-electron chi connectivity index (χ2n) is 7.14. The molecule has 0 spiro atoms. The van der Waals surface area contributed by atoms with E-state index in [2.05, 4.69) is 25.9 Å². The molecule has 1 aliphatic rings. The zero-order valence-electron chi connectivity index (χ0n) is 16.1. The number of benzene rings is 2. The summed E-state index contributed by atoms with van der Waals surface area (Å²) in [6, 6.07) is 14.0. The first-order chi connectivity index (χ1) is 14.1. The summed E-state index contributed by atoms with van der Waals surface area (Å²) in [4.78, 5) is 20.5. The zero-order valence-corrected chi connectivity index (χ0v) is 16.1. The maximum absolute atomic E-state index is 13.8. The van der Waals surface area contributed by atoms with Crippen molar-refractivity contribution in [2.75, 3.05) is 20.2 Å². The van der Waals surface area contributed by atoms with E-state index >= 15 is 0 Å². The number of carbonyl (C=O) groups excluding carboxylic acids is 1. The SMILES string of the molecule is COc1ccc(C[C@@H](NC(=O)N[C@H]2CNC[C@@H]2F)c2nc3ccccc3[nH]2)cc1. The Kier molecular flexibility index (Phi) is 5.62. The third kappa shape index (κ3) is 4.48. The molecule has 0 unspecified atom stereocenters. The van der Waals surface area contributed by atoms with Crippen LogP contribution >= 0.6 is 0 Å². The fourth-order valence-electron chi connectivity index (χ4n) is 3.51. The molecule has 1 aliphatic heterocycles. The molecule has 2 heterocycles. The molecule has 1 fully saturated rings. The van der Waals surface area contributed by atoms with E-state index in [4.69, 9.17) is 4.74 Å². The lowest BCUT2D eigenvalue weighted by Crippen LogP contribution is -2.47. The van der Waals surface area contributed by atoms with Crippen LogP contribution in [0.4, 0.5) is 9.18 Å². The first-order valence-corrected chi connectivity index (χ1v) is 9.62. The van der Waals surface area contributed by atoms with E-state index < -0.39 is 24.3 Å². The number of imidazole rings is 1. The van der Waals surface area contributed by atoms with Gasteiger partial charge in [0.25, 0.3) is 0 Å². The average Bonchev–Trinajstić information content (AvgIpc) is 3.34. The minimum absolute atomic E-state index is 0.254. The zero-order chi connectivity index (χ0) is 20.2. The monoisotopic (exact) mass is 397 g/mol. The van der Waals surface area contributed by atoms with Crippen molar-refractivity contribution in [2.24, 2.45) is 0 Å². The minimum Gasteiger partial charge on any atom is -0.497 e. The normalized spacial score (nSPS) is 19.8. The predicted octanol–water partition coefficient (Wildman–Crippen LogP) is 2.46. The third-order valence-electron chi connectivity index (χ3n) is 5.10. The number of hydrogen-bond acceptors (Lipinski definition) is 4. The predicted molar refractivity (Wildman–Crippen MR) is 109 cm³/mol. The summed E-state index contributed by atoms with van der Waals surface area (Å²) in [5.74, 6) is 1.42. The first-order valence-electron chi connectivity index (χ1n) is 9.62. The Morgan fingerprint density at radius 3 is 2.72 bits per heavy atom. The Labute approximate surface area is 168 Å². The largest absolute Gasteiger partial charge is 0.497 e. The van der Waals surface area contributed by atoms with Crippen LogP contribution in [0.3, 0.4) is 0 Å². The number of halogens is 1. The molecule has 7 nitrogen and oxygen atoms in total. The number of ether oxygens (including phenoxy) is 1. The fourth-order valence-corrected chi connectivity index (χ4v) is 3.51. The van der Waals surface area contributed by atoms with Gasteiger partial charge in [-0.2, -0.15) is 0 Å². The van der Waals surface area contributed by atoms with Gasteiger partial charge >= 0.3 is 6.03 Å². The standard InChI is InChI=1S/C21H24FN5O2/c1-29-14-8-6-13(7-9-14)10-18(20-24-16-4-2-3-5-17(16)25-20)26-21(28)27-19-12-23-11-15(19)22/h2-9,15,18-19,23H,10-12H2,1H3,(H,24,25)(H2,26,27,28)/t15-,18+,19-/m0/s1. The highest BCUT2D eigenvalue weighted by atomic mass is 19.1. The van der Waals surface area contributed by atoms with Gasteiger partial charge < -0.3 is 25.7 Å². The Balaban J connectivity index is 1.54. The number of nitrogens with zero attached hydrogens (tertiary/aromatic N) is 1. The van der Waals surface area contributed by atoms with Gasteiger partial charge in [-0.05, 0) is 36.2 Å². The van der Waals surface area contributed by atoms with Crippen molar-refractivity contribution in [3.8, 4) is 5.75 Å². The van der Waals surface area contributed by atoms with Crippen LogP contribution in [0.25, 0.3) is 11.0 Å². The third-order valence-corrected chi connectivity index (χ3v) is 5.10. The Hall–Kier alpha value is -3.13. The van der Waals surface area contributed by atoms with E-state index in [1.165, 1.54) is 0 Å². The van der Waals surface area contributed by atoms with Gasteiger partial charge in [-0.3, -0.25) is 0 Å². The van der Waals surface area contributed by atoms with E-state index in [1.54, 1.807) is 7.11 Å². The second-order valence-corrected chi connectivity index (χ2v) is 7.14. The lowest BCUT2D eigenvalue weighted by atomic mass is 10.1. The van der Waals surface area contributed by atoms with Crippen molar-refractivity contribution in [1.82, 2.24) is 25.9 Å². The lowest BCUT2D eigenvalue weighted by molar-refractivity contribution is 0.224. The number of aromatic nitrogens is 2. The van der Waals surface area contributed by atoms with Crippen molar-refractivity contribution < 1.29 is 13.9 Å². The number of para-hydroxylation sites is 2. The van der Waals surface area contributed by atoms with E-state index in [-0.39, 0.29) is 6.54 Å². The molecule has 152 valence electrons.